The van der Waals surface area contributed by atoms with Crippen LogP contribution in [0.15, 0.2) is 30.3 Å². The Morgan fingerprint density at radius 2 is 2.04 bits per heavy atom. The number of ether oxygens (including phenoxy) is 1. The Balaban J connectivity index is 1.69. The number of benzene rings is 1. The lowest BCUT2D eigenvalue weighted by molar-refractivity contribution is -0.156. The van der Waals surface area contributed by atoms with Crippen LogP contribution in [0.1, 0.15) is 45.1 Å². The second kappa shape index (κ2) is 7.56. The molecule has 1 amide bonds. The molecule has 0 aromatic heterocycles. The molecule has 2 heterocycles. The molecule has 2 fully saturated rings. The lowest BCUT2D eigenvalue weighted by atomic mass is 9.95. The first-order chi connectivity index (χ1) is 12.0. The third-order valence-corrected chi connectivity index (χ3v) is 5.26. The van der Waals surface area contributed by atoms with E-state index >= 15 is 0 Å². The predicted molar refractivity (Wildman–Crippen MR) is 95.8 cm³/mol. The SMILES string of the molecule is CC(C)C[C@H](C(=O)OCc1ccccc1)N1CCC2(CCCN2)C1=O. The van der Waals surface area contributed by atoms with Crippen molar-refractivity contribution in [2.45, 2.75) is 57.7 Å². The summed E-state index contributed by atoms with van der Waals surface area (Å²) in [6.45, 7) is 5.90. The van der Waals surface area contributed by atoms with Crippen LogP contribution in [-0.4, -0.2) is 41.4 Å². The Morgan fingerprint density at radius 1 is 1.28 bits per heavy atom. The number of hydrogen-bond acceptors (Lipinski definition) is 4. The summed E-state index contributed by atoms with van der Waals surface area (Å²) in [7, 11) is 0. The van der Waals surface area contributed by atoms with Crippen LogP contribution in [0.5, 0.6) is 0 Å². The van der Waals surface area contributed by atoms with Crippen molar-refractivity contribution in [3.8, 4) is 0 Å². The van der Waals surface area contributed by atoms with Gasteiger partial charge in [-0.15, -0.1) is 0 Å². The van der Waals surface area contributed by atoms with Crippen molar-refractivity contribution in [2.24, 2.45) is 5.92 Å². The summed E-state index contributed by atoms with van der Waals surface area (Å²) in [4.78, 5) is 27.5. The largest absolute Gasteiger partial charge is 0.459 e. The second-order valence-corrected chi connectivity index (χ2v) is 7.60. The van der Waals surface area contributed by atoms with E-state index in [1.165, 1.54) is 0 Å². The molecule has 5 nitrogen and oxygen atoms in total. The van der Waals surface area contributed by atoms with E-state index in [2.05, 4.69) is 19.2 Å². The lowest BCUT2D eigenvalue weighted by Gasteiger charge is -2.29. The molecule has 136 valence electrons. The van der Waals surface area contributed by atoms with Crippen LogP contribution in [0.2, 0.25) is 0 Å². The third-order valence-electron chi connectivity index (χ3n) is 5.26. The van der Waals surface area contributed by atoms with E-state index in [1.807, 2.05) is 30.3 Å². The summed E-state index contributed by atoms with van der Waals surface area (Å²) < 4.78 is 5.55. The molecule has 1 aromatic carbocycles. The maximum absolute atomic E-state index is 13.0. The molecule has 0 bridgehead atoms. The van der Waals surface area contributed by atoms with Gasteiger partial charge < -0.3 is 15.0 Å². The van der Waals surface area contributed by atoms with Crippen LogP contribution in [0, 0.1) is 5.92 Å². The number of rotatable bonds is 6. The van der Waals surface area contributed by atoms with Gasteiger partial charge in [0.2, 0.25) is 5.91 Å². The number of nitrogens with zero attached hydrogens (tertiary/aromatic N) is 1. The van der Waals surface area contributed by atoms with Crippen LogP contribution in [0.25, 0.3) is 0 Å². The zero-order valence-electron chi connectivity index (χ0n) is 15.2. The van der Waals surface area contributed by atoms with Crippen molar-refractivity contribution in [1.29, 1.82) is 0 Å². The van der Waals surface area contributed by atoms with E-state index in [9.17, 15) is 9.59 Å². The summed E-state index contributed by atoms with van der Waals surface area (Å²) in [6, 6.07) is 9.16. The monoisotopic (exact) mass is 344 g/mol. The van der Waals surface area contributed by atoms with Gasteiger partial charge in [0.25, 0.3) is 0 Å². The Labute approximate surface area is 149 Å². The van der Waals surface area contributed by atoms with Gasteiger partial charge in [0.05, 0.1) is 5.54 Å². The molecule has 2 aliphatic rings. The summed E-state index contributed by atoms with van der Waals surface area (Å²) in [6.07, 6.45) is 3.31. The molecule has 1 unspecified atom stereocenters. The van der Waals surface area contributed by atoms with E-state index < -0.39 is 11.6 Å². The van der Waals surface area contributed by atoms with Crippen LogP contribution in [0.3, 0.4) is 0 Å². The van der Waals surface area contributed by atoms with Gasteiger partial charge in [-0.1, -0.05) is 44.2 Å². The molecule has 0 aliphatic carbocycles. The highest BCUT2D eigenvalue weighted by Crippen LogP contribution is 2.33. The molecule has 2 saturated heterocycles. The molecular weight excluding hydrogens is 316 g/mol. The first-order valence-corrected chi connectivity index (χ1v) is 9.28. The Morgan fingerprint density at radius 3 is 2.68 bits per heavy atom. The van der Waals surface area contributed by atoms with Gasteiger partial charge in [0.1, 0.15) is 12.6 Å². The van der Waals surface area contributed by atoms with Crippen molar-refractivity contribution in [2.75, 3.05) is 13.1 Å². The highest BCUT2D eigenvalue weighted by atomic mass is 16.5. The first kappa shape index (κ1) is 17.9. The van der Waals surface area contributed by atoms with E-state index in [1.54, 1.807) is 4.90 Å². The number of carbonyl (C=O) groups excluding carboxylic acids is 2. The molecule has 3 rings (SSSR count). The van der Waals surface area contributed by atoms with E-state index in [4.69, 9.17) is 4.74 Å². The number of likely N-dealkylation sites (tertiary alicyclic amines) is 1. The number of amides is 1. The summed E-state index contributed by atoms with van der Waals surface area (Å²) >= 11 is 0. The minimum absolute atomic E-state index is 0.0762. The molecule has 0 radical (unpaired) electrons. The molecule has 25 heavy (non-hydrogen) atoms. The van der Waals surface area contributed by atoms with Crippen molar-refractivity contribution in [3.63, 3.8) is 0 Å². The number of hydrogen-bond donors (Lipinski definition) is 1. The minimum Gasteiger partial charge on any atom is -0.459 e. The van der Waals surface area contributed by atoms with E-state index in [0.29, 0.717) is 18.9 Å². The Kier molecular flexibility index (Phi) is 5.42. The average Bonchev–Trinajstić information content (AvgIpc) is 3.20. The zero-order valence-corrected chi connectivity index (χ0v) is 15.2. The fourth-order valence-corrected chi connectivity index (χ4v) is 3.92. The summed E-state index contributed by atoms with van der Waals surface area (Å²) in [5.74, 6) is 0.100. The third kappa shape index (κ3) is 3.87. The molecule has 1 spiro atoms. The van der Waals surface area contributed by atoms with Gasteiger partial charge in [-0.25, -0.2) is 4.79 Å². The fourth-order valence-electron chi connectivity index (χ4n) is 3.92. The molecule has 2 aliphatic heterocycles. The number of esters is 1. The van der Waals surface area contributed by atoms with Crippen molar-refractivity contribution < 1.29 is 14.3 Å². The minimum atomic E-state index is -0.488. The highest BCUT2D eigenvalue weighted by molar-refractivity contribution is 5.92. The maximum Gasteiger partial charge on any atom is 0.329 e. The van der Waals surface area contributed by atoms with Gasteiger partial charge in [-0.05, 0) is 43.7 Å². The standard InChI is InChI=1S/C20H28N2O3/c1-15(2)13-17(18(23)25-14-16-7-4-3-5-8-16)22-12-10-20(19(22)24)9-6-11-21-20/h3-5,7-8,15,17,21H,6,9-14H2,1-2H3/t17-,20?/m1/s1. The van der Waals surface area contributed by atoms with Crippen LogP contribution >= 0.6 is 0 Å². The molecule has 1 aromatic rings. The van der Waals surface area contributed by atoms with Gasteiger partial charge in [-0.3, -0.25) is 4.79 Å². The zero-order chi connectivity index (χ0) is 17.9. The van der Waals surface area contributed by atoms with Crippen molar-refractivity contribution in [1.82, 2.24) is 10.2 Å². The Hall–Kier alpha value is -1.88. The summed E-state index contributed by atoms with van der Waals surface area (Å²) in [5, 5.41) is 3.37. The van der Waals surface area contributed by atoms with Crippen molar-refractivity contribution in [3.05, 3.63) is 35.9 Å². The van der Waals surface area contributed by atoms with Crippen LogP contribution in [-0.2, 0) is 20.9 Å². The van der Waals surface area contributed by atoms with Crippen LogP contribution < -0.4 is 5.32 Å². The van der Waals surface area contributed by atoms with Crippen molar-refractivity contribution >= 4 is 11.9 Å². The van der Waals surface area contributed by atoms with Crippen LogP contribution in [0.4, 0.5) is 0 Å². The molecular formula is C20H28N2O3. The van der Waals surface area contributed by atoms with Gasteiger partial charge in [0.15, 0.2) is 0 Å². The smallest absolute Gasteiger partial charge is 0.329 e. The summed E-state index contributed by atoms with van der Waals surface area (Å²) in [5.41, 5.74) is 0.524. The quantitative estimate of drug-likeness (QED) is 0.806. The first-order valence-electron chi connectivity index (χ1n) is 9.28. The predicted octanol–water partition coefficient (Wildman–Crippen LogP) is 2.50. The van der Waals surface area contributed by atoms with Gasteiger partial charge >= 0.3 is 5.97 Å². The van der Waals surface area contributed by atoms with E-state index in [-0.39, 0.29) is 18.5 Å². The van der Waals surface area contributed by atoms with E-state index in [0.717, 1.165) is 31.4 Å². The number of carbonyl (C=O) groups is 2. The highest BCUT2D eigenvalue weighted by Gasteiger charge is 2.51. The number of nitrogens with one attached hydrogen (secondary N) is 1. The lowest BCUT2D eigenvalue weighted by Crippen LogP contribution is -2.52. The molecule has 2 atom stereocenters. The molecule has 0 saturated carbocycles. The molecule has 5 heteroatoms. The van der Waals surface area contributed by atoms with Gasteiger partial charge in [-0.2, -0.15) is 0 Å². The topological polar surface area (TPSA) is 58.6 Å². The second-order valence-electron chi connectivity index (χ2n) is 7.60. The average molecular weight is 344 g/mol. The molecule has 1 N–H and O–H groups in total. The van der Waals surface area contributed by atoms with Gasteiger partial charge in [0, 0.05) is 6.54 Å². The maximum atomic E-state index is 13.0. The fraction of sp³-hybridized carbons (Fsp3) is 0.600. The normalized spacial score (nSPS) is 24.3. The Bertz CT molecular complexity index is 609.